The Balaban J connectivity index is 1.71. The van der Waals surface area contributed by atoms with Gasteiger partial charge >= 0.3 is 0 Å². The van der Waals surface area contributed by atoms with Crippen LogP contribution in [0.2, 0.25) is 0 Å². The number of carbonyl (C=O) groups excluding carboxylic acids is 3. The van der Waals surface area contributed by atoms with E-state index in [1.165, 1.54) is 0 Å². The lowest BCUT2D eigenvalue weighted by Crippen LogP contribution is -2.59. The maximum Gasteiger partial charge on any atom is 0.252 e. The molecule has 3 rings (SSSR count). The van der Waals surface area contributed by atoms with Crippen molar-refractivity contribution in [1.29, 1.82) is 0 Å². The van der Waals surface area contributed by atoms with E-state index in [1.807, 2.05) is 18.2 Å². The van der Waals surface area contributed by atoms with Crippen molar-refractivity contribution in [3.05, 3.63) is 35.4 Å². The lowest BCUT2D eigenvalue weighted by Gasteiger charge is -2.36. The smallest absolute Gasteiger partial charge is 0.252 e. The molecule has 2 aliphatic rings. The monoisotopic (exact) mass is 329 g/mol. The first kappa shape index (κ1) is 16.5. The van der Waals surface area contributed by atoms with Crippen molar-refractivity contribution in [3.63, 3.8) is 0 Å². The third kappa shape index (κ3) is 3.00. The molecule has 1 aromatic carbocycles. The molecular formula is C18H23N3O3. The van der Waals surface area contributed by atoms with Gasteiger partial charge in [-0.1, -0.05) is 37.5 Å². The van der Waals surface area contributed by atoms with Crippen LogP contribution in [0.4, 0.5) is 0 Å². The number of carbonyl (C=O) groups is 3. The lowest BCUT2D eigenvalue weighted by atomic mass is 9.80. The minimum Gasteiger partial charge on any atom is -0.357 e. The van der Waals surface area contributed by atoms with Crippen LogP contribution in [0.1, 0.15) is 60.5 Å². The molecule has 1 saturated carbocycles. The summed E-state index contributed by atoms with van der Waals surface area (Å²) in [6, 6.07) is 6.95. The van der Waals surface area contributed by atoms with E-state index in [0.29, 0.717) is 18.4 Å². The van der Waals surface area contributed by atoms with Crippen molar-refractivity contribution in [3.8, 4) is 0 Å². The van der Waals surface area contributed by atoms with Gasteiger partial charge in [-0.25, -0.2) is 0 Å². The Kier molecular flexibility index (Phi) is 4.55. The van der Waals surface area contributed by atoms with Gasteiger partial charge in [0.1, 0.15) is 5.54 Å². The topological polar surface area (TPSA) is 87.3 Å². The highest BCUT2D eigenvalue weighted by atomic mass is 16.2. The summed E-state index contributed by atoms with van der Waals surface area (Å²) < 4.78 is 0. The molecule has 3 amide bonds. The third-order valence-corrected chi connectivity index (χ3v) is 5.02. The summed E-state index contributed by atoms with van der Waals surface area (Å²) in [6.45, 7) is 0. The summed E-state index contributed by atoms with van der Waals surface area (Å²) in [4.78, 5) is 36.8. The highest BCUT2D eigenvalue weighted by Crippen LogP contribution is 2.31. The number of benzene rings is 1. The number of nitrogens with one attached hydrogen (secondary N) is 3. The fourth-order valence-corrected chi connectivity index (χ4v) is 3.79. The molecule has 24 heavy (non-hydrogen) atoms. The lowest BCUT2D eigenvalue weighted by molar-refractivity contribution is -0.135. The molecule has 6 heteroatoms. The second-order valence-electron chi connectivity index (χ2n) is 6.59. The summed E-state index contributed by atoms with van der Waals surface area (Å²) in [5.41, 5.74) is 0.649. The first-order valence-electron chi connectivity index (χ1n) is 8.49. The average molecular weight is 329 g/mol. The Labute approximate surface area is 141 Å². The summed E-state index contributed by atoms with van der Waals surface area (Å²) in [7, 11) is 1.60. The molecule has 0 aromatic heterocycles. The van der Waals surface area contributed by atoms with E-state index in [9.17, 15) is 14.4 Å². The van der Waals surface area contributed by atoms with Crippen molar-refractivity contribution in [2.24, 2.45) is 0 Å². The molecule has 1 fully saturated rings. The molecule has 1 heterocycles. The standard InChI is InChI=1S/C18H23N3O3/c1-19-17(24)18(9-5-2-6-10-18)21-15(22)11-14-12-7-3-4-8-13(12)16(23)20-14/h3-4,7-8,14H,2,5-6,9-11H2,1H3,(H,19,24)(H,20,23)(H,21,22)/t14-/m0/s1. The van der Waals surface area contributed by atoms with Gasteiger partial charge in [0.05, 0.1) is 12.5 Å². The van der Waals surface area contributed by atoms with Gasteiger partial charge < -0.3 is 16.0 Å². The van der Waals surface area contributed by atoms with Gasteiger partial charge in [-0.05, 0) is 24.5 Å². The Morgan fingerprint density at radius 2 is 1.92 bits per heavy atom. The van der Waals surface area contributed by atoms with E-state index in [-0.39, 0.29) is 30.2 Å². The number of fused-ring (bicyclic) bond motifs is 1. The first-order valence-corrected chi connectivity index (χ1v) is 8.49. The van der Waals surface area contributed by atoms with Crippen molar-refractivity contribution in [2.75, 3.05) is 7.05 Å². The molecule has 0 unspecified atom stereocenters. The molecule has 1 aromatic rings. The van der Waals surface area contributed by atoms with Gasteiger partial charge in [0, 0.05) is 12.6 Å². The largest absolute Gasteiger partial charge is 0.357 e. The zero-order valence-corrected chi connectivity index (χ0v) is 13.9. The Hall–Kier alpha value is -2.37. The van der Waals surface area contributed by atoms with Crippen molar-refractivity contribution >= 4 is 17.7 Å². The van der Waals surface area contributed by atoms with Crippen molar-refractivity contribution in [1.82, 2.24) is 16.0 Å². The van der Waals surface area contributed by atoms with E-state index < -0.39 is 5.54 Å². The fourth-order valence-electron chi connectivity index (χ4n) is 3.79. The van der Waals surface area contributed by atoms with E-state index >= 15 is 0 Å². The van der Waals surface area contributed by atoms with E-state index in [1.54, 1.807) is 13.1 Å². The second-order valence-corrected chi connectivity index (χ2v) is 6.59. The van der Waals surface area contributed by atoms with Crippen LogP contribution in [0.25, 0.3) is 0 Å². The van der Waals surface area contributed by atoms with Crippen LogP contribution in [-0.4, -0.2) is 30.3 Å². The molecule has 0 radical (unpaired) electrons. The van der Waals surface area contributed by atoms with Crippen LogP contribution >= 0.6 is 0 Å². The van der Waals surface area contributed by atoms with Crippen LogP contribution in [0.15, 0.2) is 24.3 Å². The normalized spacial score (nSPS) is 21.5. The number of hydrogen-bond donors (Lipinski definition) is 3. The first-order chi connectivity index (χ1) is 11.6. The Morgan fingerprint density at radius 3 is 2.62 bits per heavy atom. The van der Waals surface area contributed by atoms with Gasteiger partial charge in [-0.2, -0.15) is 0 Å². The second kappa shape index (κ2) is 6.63. The van der Waals surface area contributed by atoms with Gasteiger partial charge in [0.2, 0.25) is 11.8 Å². The molecule has 1 aliphatic carbocycles. The summed E-state index contributed by atoms with van der Waals surface area (Å²) in [5.74, 6) is -0.490. The molecule has 0 saturated heterocycles. The molecule has 1 atom stereocenters. The van der Waals surface area contributed by atoms with Crippen LogP contribution in [0.3, 0.4) is 0 Å². The zero-order chi connectivity index (χ0) is 17.2. The van der Waals surface area contributed by atoms with Crippen LogP contribution in [0, 0.1) is 0 Å². The number of amides is 3. The number of rotatable bonds is 4. The Morgan fingerprint density at radius 1 is 1.21 bits per heavy atom. The summed E-state index contributed by atoms with van der Waals surface area (Å²) in [5, 5.41) is 8.47. The molecule has 6 nitrogen and oxygen atoms in total. The highest BCUT2D eigenvalue weighted by molar-refractivity contribution is 6.00. The molecule has 3 N–H and O–H groups in total. The predicted molar refractivity (Wildman–Crippen MR) is 89.3 cm³/mol. The highest BCUT2D eigenvalue weighted by Gasteiger charge is 2.41. The third-order valence-electron chi connectivity index (χ3n) is 5.02. The van der Waals surface area contributed by atoms with Gasteiger partial charge in [0.15, 0.2) is 0 Å². The number of likely N-dealkylation sites (N-methyl/N-ethyl adjacent to an activating group) is 1. The van der Waals surface area contributed by atoms with Gasteiger partial charge in [-0.15, -0.1) is 0 Å². The van der Waals surface area contributed by atoms with Crippen molar-refractivity contribution < 1.29 is 14.4 Å². The van der Waals surface area contributed by atoms with Crippen LogP contribution in [-0.2, 0) is 9.59 Å². The number of hydrogen-bond acceptors (Lipinski definition) is 3. The average Bonchev–Trinajstić information content (AvgIpc) is 2.91. The minimum absolute atomic E-state index is 0.133. The molecular weight excluding hydrogens is 306 g/mol. The maximum atomic E-state index is 12.6. The van der Waals surface area contributed by atoms with Crippen LogP contribution < -0.4 is 16.0 Å². The maximum absolute atomic E-state index is 12.6. The zero-order valence-electron chi connectivity index (χ0n) is 13.9. The van der Waals surface area contributed by atoms with Gasteiger partial charge in [-0.3, -0.25) is 14.4 Å². The molecule has 1 aliphatic heterocycles. The van der Waals surface area contributed by atoms with Gasteiger partial charge in [0.25, 0.3) is 5.91 Å². The fraction of sp³-hybridized carbons (Fsp3) is 0.500. The molecule has 0 bridgehead atoms. The van der Waals surface area contributed by atoms with Crippen molar-refractivity contribution in [2.45, 2.75) is 50.1 Å². The van der Waals surface area contributed by atoms with Crippen LogP contribution in [0.5, 0.6) is 0 Å². The van der Waals surface area contributed by atoms with E-state index in [2.05, 4.69) is 16.0 Å². The summed E-state index contributed by atoms with van der Waals surface area (Å²) >= 11 is 0. The summed E-state index contributed by atoms with van der Waals surface area (Å²) in [6.07, 6.45) is 4.40. The van der Waals surface area contributed by atoms with E-state index in [0.717, 1.165) is 24.8 Å². The Bertz CT molecular complexity index is 665. The minimum atomic E-state index is -0.813. The molecule has 128 valence electrons. The predicted octanol–water partition coefficient (Wildman–Crippen LogP) is 1.43. The molecule has 0 spiro atoms. The quantitative estimate of drug-likeness (QED) is 0.781. The van der Waals surface area contributed by atoms with E-state index in [4.69, 9.17) is 0 Å². The SMILES string of the molecule is CNC(=O)C1(NC(=O)C[C@@H]2NC(=O)c3ccccc32)CCCCC1.